The summed E-state index contributed by atoms with van der Waals surface area (Å²) in [5, 5.41) is 3.39. The molecule has 88 valence electrons. The molecule has 1 saturated heterocycles. The Labute approximate surface area is 106 Å². The minimum atomic E-state index is 1.08. The summed E-state index contributed by atoms with van der Waals surface area (Å²) in [5.41, 5.74) is 4.18. The Morgan fingerprint density at radius 2 is 1.88 bits per heavy atom. The molecule has 0 amide bonds. The Kier molecular flexibility index (Phi) is 4.00. The van der Waals surface area contributed by atoms with Crippen molar-refractivity contribution < 1.29 is 0 Å². The first-order valence-corrected chi connectivity index (χ1v) is 6.65. The van der Waals surface area contributed by atoms with Gasteiger partial charge in [0.15, 0.2) is 0 Å². The molecular weight excluding hydrogens is 264 g/mol. The Hall–Kier alpha value is -0.380. The van der Waals surface area contributed by atoms with Gasteiger partial charge in [-0.3, -0.25) is 4.90 Å². The minimum Gasteiger partial charge on any atom is -0.314 e. The maximum Gasteiger partial charge on any atom is 0.0237 e. The maximum atomic E-state index is 3.58. The van der Waals surface area contributed by atoms with Crippen LogP contribution >= 0.6 is 15.9 Å². The van der Waals surface area contributed by atoms with E-state index < -0.39 is 0 Å². The van der Waals surface area contributed by atoms with Gasteiger partial charge in [0, 0.05) is 37.2 Å². The molecule has 0 aliphatic carbocycles. The second kappa shape index (κ2) is 5.30. The summed E-state index contributed by atoms with van der Waals surface area (Å²) < 4.78 is 1.22. The van der Waals surface area contributed by atoms with Crippen molar-refractivity contribution in [3.8, 4) is 0 Å². The van der Waals surface area contributed by atoms with E-state index in [2.05, 4.69) is 52.1 Å². The van der Waals surface area contributed by atoms with Crippen LogP contribution in [0.15, 0.2) is 16.6 Å². The number of piperazine rings is 1. The fourth-order valence-electron chi connectivity index (χ4n) is 2.12. The van der Waals surface area contributed by atoms with Gasteiger partial charge < -0.3 is 5.32 Å². The number of hydrogen-bond acceptors (Lipinski definition) is 2. The van der Waals surface area contributed by atoms with Crippen molar-refractivity contribution in [3.05, 3.63) is 33.3 Å². The predicted molar refractivity (Wildman–Crippen MR) is 71.8 cm³/mol. The molecule has 0 radical (unpaired) electrons. The monoisotopic (exact) mass is 282 g/mol. The molecule has 1 heterocycles. The number of nitrogens with one attached hydrogen (secondary N) is 1. The lowest BCUT2D eigenvalue weighted by molar-refractivity contribution is 0.233. The van der Waals surface area contributed by atoms with Crippen molar-refractivity contribution in [2.45, 2.75) is 20.4 Å². The van der Waals surface area contributed by atoms with Crippen molar-refractivity contribution in [1.82, 2.24) is 10.2 Å². The first kappa shape index (κ1) is 12.1. The number of halogens is 1. The van der Waals surface area contributed by atoms with Crippen LogP contribution in [0.1, 0.15) is 16.7 Å². The zero-order valence-corrected chi connectivity index (χ0v) is 11.6. The van der Waals surface area contributed by atoms with E-state index in [1.807, 2.05) is 0 Å². The van der Waals surface area contributed by atoms with Gasteiger partial charge in [-0.25, -0.2) is 0 Å². The van der Waals surface area contributed by atoms with E-state index in [0.29, 0.717) is 0 Å². The molecule has 1 fully saturated rings. The summed E-state index contributed by atoms with van der Waals surface area (Å²) in [6.07, 6.45) is 0. The molecule has 1 aliphatic heterocycles. The molecule has 0 aromatic heterocycles. The zero-order chi connectivity index (χ0) is 11.5. The summed E-state index contributed by atoms with van der Waals surface area (Å²) in [5.74, 6) is 0. The molecule has 16 heavy (non-hydrogen) atoms. The van der Waals surface area contributed by atoms with Crippen molar-refractivity contribution in [2.75, 3.05) is 26.2 Å². The van der Waals surface area contributed by atoms with E-state index in [1.54, 1.807) is 0 Å². The highest BCUT2D eigenvalue weighted by Gasteiger charge is 2.11. The number of benzene rings is 1. The first-order valence-electron chi connectivity index (χ1n) is 5.85. The second-order valence-electron chi connectivity index (χ2n) is 4.55. The van der Waals surface area contributed by atoms with Gasteiger partial charge >= 0.3 is 0 Å². The molecule has 3 heteroatoms. The molecule has 2 nitrogen and oxygen atoms in total. The Bertz CT molecular complexity index is 370. The van der Waals surface area contributed by atoms with Crippen LogP contribution in [0.4, 0.5) is 0 Å². The van der Waals surface area contributed by atoms with Crippen molar-refractivity contribution >= 4 is 15.9 Å². The number of aryl methyl sites for hydroxylation is 2. The SMILES string of the molecule is Cc1cc(CN2CCNCC2)c(C)cc1Br. The quantitative estimate of drug-likeness (QED) is 0.897. The van der Waals surface area contributed by atoms with E-state index in [0.717, 1.165) is 32.7 Å². The van der Waals surface area contributed by atoms with Crippen LogP contribution in [-0.2, 0) is 6.54 Å². The number of rotatable bonds is 2. The van der Waals surface area contributed by atoms with Crippen molar-refractivity contribution in [3.63, 3.8) is 0 Å². The maximum absolute atomic E-state index is 3.58. The third-order valence-electron chi connectivity index (χ3n) is 3.22. The van der Waals surface area contributed by atoms with Gasteiger partial charge in [-0.05, 0) is 36.6 Å². The molecule has 0 unspecified atom stereocenters. The molecule has 1 aliphatic rings. The van der Waals surface area contributed by atoms with Crippen LogP contribution in [0, 0.1) is 13.8 Å². The van der Waals surface area contributed by atoms with Gasteiger partial charge in [0.1, 0.15) is 0 Å². The zero-order valence-electron chi connectivity index (χ0n) is 10.0. The van der Waals surface area contributed by atoms with Gasteiger partial charge in [0.25, 0.3) is 0 Å². The Balaban J connectivity index is 2.11. The van der Waals surface area contributed by atoms with E-state index in [-0.39, 0.29) is 0 Å². The van der Waals surface area contributed by atoms with Gasteiger partial charge in [0.2, 0.25) is 0 Å². The van der Waals surface area contributed by atoms with Gasteiger partial charge in [-0.2, -0.15) is 0 Å². The molecule has 0 bridgehead atoms. The molecular formula is C13H19BrN2. The predicted octanol–water partition coefficient (Wildman–Crippen LogP) is 2.47. The smallest absolute Gasteiger partial charge is 0.0237 e. The van der Waals surface area contributed by atoms with Crippen LogP contribution < -0.4 is 5.32 Å². The summed E-state index contributed by atoms with van der Waals surface area (Å²) in [7, 11) is 0. The molecule has 1 N–H and O–H groups in total. The van der Waals surface area contributed by atoms with E-state index in [9.17, 15) is 0 Å². The largest absolute Gasteiger partial charge is 0.314 e. The van der Waals surface area contributed by atoms with E-state index >= 15 is 0 Å². The van der Waals surface area contributed by atoms with E-state index in [1.165, 1.54) is 21.2 Å². The summed E-state index contributed by atoms with van der Waals surface area (Å²) in [6, 6.07) is 4.54. The standard InChI is InChI=1S/C13H19BrN2/c1-10-8-13(14)11(2)7-12(10)9-16-5-3-15-4-6-16/h7-8,15H,3-6,9H2,1-2H3. The van der Waals surface area contributed by atoms with Crippen LogP contribution in [0.25, 0.3) is 0 Å². The normalized spacial score (nSPS) is 17.7. The average molecular weight is 283 g/mol. The Morgan fingerprint density at radius 1 is 1.19 bits per heavy atom. The lowest BCUT2D eigenvalue weighted by atomic mass is 10.0. The van der Waals surface area contributed by atoms with Gasteiger partial charge in [0.05, 0.1) is 0 Å². The third kappa shape index (κ3) is 2.84. The molecule has 0 saturated carbocycles. The fourth-order valence-corrected chi connectivity index (χ4v) is 2.58. The molecule has 0 spiro atoms. The number of nitrogens with zero attached hydrogens (tertiary/aromatic N) is 1. The van der Waals surface area contributed by atoms with Crippen molar-refractivity contribution in [2.24, 2.45) is 0 Å². The molecule has 2 rings (SSSR count). The van der Waals surface area contributed by atoms with Gasteiger partial charge in [-0.1, -0.05) is 22.0 Å². The summed E-state index contributed by atoms with van der Waals surface area (Å²) in [4.78, 5) is 2.52. The molecule has 0 atom stereocenters. The van der Waals surface area contributed by atoms with E-state index in [4.69, 9.17) is 0 Å². The number of hydrogen-bond donors (Lipinski definition) is 1. The molecule has 1 aromatic rings. The highest BCUT2D eigenvalue weighted by molar-refractivity contribution is 9.10. The lowest BCUT2D eigenvalue weighted by Gasteiger charge is -2.28. The second-order valence-corrected chi connectivity index (χ2v) is 5.41. The van der Waals surface area contributed by atoms with Crippen LogP contribution in [0.5, 0.6) is 0 Å². The van der Waals surface area contributed by atoms with Crippen LogP contribution in [-0.4, -0.2) is 31.1 Å². The lowest BCUT2D eigenvalue weighted by Crippen LogP contribution is -2.43. The summed E-state index contributed by atoms with van der Waals surface area (Å²) in [6.45, 7) is 10.0. The summed E-state index contributed by atoms with van der Waals surface area (Å²) >= 11 is 3.58. The highest BCUT2D eigenvalue weighted by atomic mass is 79.9. The van der Waals surface area contributed by atoms with Gasteiger partial charge in [-0.15, -0.1) is 0 Å². The average Bonchev–Trinajstić information content (AvgIpc) is 2.27. The minimum absolute atomic E-state index is 1.08. The fraction of sp³-hybridized carbons (Fsp3) is 0.538. The topological polar surface area (TPSA) is 15.3 Å². The van der Waals surface area contributed by atoms with Crippen molar-refractivity contribution in [1.29, 1.82) is 0 Å². The van der Waals surface area contributed by atoms with Crippen LogP contribution in [0.2, 0.25) is 0 Å². The molecule has 1 aromatic carbocycles. The first-order chi connectivity index (χ1) is 7.66. The Morgan fingerprint density at radius 3 is 2.56 bits per heavy atom. The van der Waals surface area contributed by atoms with Crippen LogP contribution in [0.3, 0.4) is 0 Å². The third-order valence-corrected chi connectivity index (χ3v) is 4.08. The highest BCUT2D eigenvalue weighted by Crippen LogP contribution is 2.22.